The summed E-state index contributed by atoms with van der Waals surface area (Å²) in [7, 11) is 0. The molecule has 0 radical (unpaired) electrons. The van der Waals surface area contributed by atoms with Gasteiger partial charge in [0.2, 0.25) is 0 Å². The first-order valence-electron chi connectivity index (χ1n) is 2.87. The summed E-state index contributed by atoms with van der Waals surface area (Å²) >= 11 is 2.32. The predicted octanol–water partition coefficient (Wildman–Crippen LogP) is 1.01. The highest BCUT2D eigenvalue weighted by Gasteiger charge is 1.91. The van der Waals surface area contributed by atoms with E-state index in [0.717, 1.165) is 23.9 Å². The van der Waals surface area contributed by atoms with Crippen LogP contribution in [0.5, 0.6) is 0 Å². The van der Waals surface area contributed by atoms with Gasteiger partial charge in [0.25, 0.3) is 0 Å². The first-order valence-corrected chi connectivity index (χ1v) is 4.39. The first kappa shape index (κ1) is 8.65. The van der Waals surface area contributed by atoms with E-state index >= 15 is 0 Å². The average molecular weight is 228 g/mol. The molecule has 0 aromatic heterocycles. The average Bonchev–Trinajstić information content (AvgIpc) is 1.68. The maximum Gasteiger partial charge on any atom is 0.0218 e. The van der Waals surface area contributed by atoms with Gasteiger partial charge < -0.3 is 0 Å². The summed E-state index contributed by atoms with van der Waals surface area (Å²) in [6.45, 7) is 4.16. The van der Waals surface area contributed by atoms with Crippen LogP contribution < -0.4 is 5.84 Å². The van der Waals surface area contributed by atoms with Crippen LogP contribution in [0.25, 0.3) is 0 Å². The van der Waals surface area contributed by atoms with Crippen LogP contribution in [0, 0.1) is 0 Å². The molecular weight excluding hydrogens is 215 g/mol. The van der Waals surface area contributed by atoms with Gasteiger partial charge in [-0.25, -0.2) is 5.01 Å². The van der Waals surface area contributed by atoms with Crippen LogP contribution >= 0.6 is 22.6 Å². The lowest BCUT2D eigenvalue weighted by atomic mass is 10.5. The molecule has 0 aliphatic heterocycles. The minimum atomic E-state index is 1.01. The molecule has 0 aromatic carbocycles. The van der Waals surface area contributed by atoms with E-state index in [-0.39, 0.29) is 0 Å². The Kier molecular flexibility index (Phi) is 6.25. The predicted molar refractivity (Wildman–Crippen MR) is 44.9 cm³/mol. The first-order chi connectivity index (χ1) is 3.81. The molecule has 0 saturated heterocycles. The van der Waals surface area contributed by atoms with E-state index < -0.39 is 0 Å². The zero-order valence-electron chi connectivity index (χ0n) is 5.23. The molecule has 3 heteroatoms. The lowest BCUT2D eigenvalue weighted by Crippen LogP contribution is -2.33. The molecule has 0 spiro atoms. The molecule has 0 saturated carbocycles. The van der Waals surface area contributed by atoms with Gasteiger partial charge in [-0.2, -0.15) is 0 Å². The summed E-state index contributed by atoms with van der Waals surface area (Å²) in [5.41, 5.74) is 0. The van der Waals surface area contributed by atoms with Crippen LogP contribution in [0.2, 0.25) is 0 Å². The normalized spacial score (nSPS) is 10.5. The van der Waals surface area contributed by atoms with E-state index in [4.69, 9.17) is 5.84 Å². The molecule has 2 N–H and O–H groups in total. The quantitative estimate of drug-likeness (QED) is 0.336. The smallest absolute Gasteiger partial charge is 0.0218 e. The van der Waals surface area contributed by atoms with Gasteiger partial charge >= 0.3 is 0 Å². The third-order valence-corrected chi connectivity index (χ3v) is 1.36. The Morgan fingerprint density at radius 3 is 2.50 bits per heavy atom. The number of hydrogen-bond acceptors (Lipinski definition) is 2. The van der Waals surface area contributed by atoms with Crippen molar-refractivity contribution in [1.82, 2.24) is 5.01 Å². The Bertz CT molecular complexity index is 43.7. The number of rotatable bonds is 4. The summed E-state index contributed by atoms with van der Waals surface area (Å²) in [6, 6.07) is 0. The second-order valence-corrected chi connectivity index (χ2v) is 2.80. The molecule has 0 bridgehead atoms. The maximum absolute atomic E-state index is 5.52. The molecular formula is C5H13IN2. The van der Waals surface area contributed by atoms with E-state index in [9.17, 15) is 0 Å². The summed E-state index contributed by atoms with van der Waals surface area (Å²) in [4.78, 5) is 0. The van der Waals surface area contributed by atoms with Crippen molar-refractivity contribution in [2.24, 2.45) is 5.84 Å². The minimum absolute atomic E-state index is 1.01. The second-order valence-electron chi connectivity index (χ2n) is 1.72. The highest BCUT2D eigenvalue weighted by atomic mass is 127. The zero-order chi connectivity index (χ0) is 6.41. The molecule has 0 rings (SSSR count). The third kappa shape index (κ3) is 4.80. The number of hydrogen-bond donors (Lipinski definition) is 1. The second kappa shape index (κ2) is 5.78. The van der Waals surface area contributed by atoms with Crippen molar-refractivity contribution in [2.45, 2.75) is 13.3 Å². The number of nitrogens with two attached hydrogens (primary N) is 1. The van der Waals surface area contributed by atoms with Gasteiger partial charge in [-0.05, 0) is 6.42 Å². The molecule has 0 heterocycles. The van der Waals surface area contributed by atoms with Crippen molar-refractivity contribution in [3.05, 3.63) is 0 Å². The Balaban J connectivity index is 2.92. The topological polar surface area (TPSA) is 29.3 Å². The van der Waals surface area contributed by atoms with Crippen molar-refractivity contribution >= 4 is 22.6 Å². The van der Waals surface area contributed by atoms with Crippen LogP contribution in [0.1, 0.15) is 13.3 Å². The van der Waals surface area contributed by atoms with Gasteiger partial charge in [0, 0.05) is 17.5 Å². The highest BCUT2D eigenvalue weighted by Crippen LogP contribution is 1.85. The fourth-order valence-electron chi connectivity index (χ4n) is 0.508. The van der Waals surface area contributed by atoms with Crippen LogP contribution in [-0.4, -0.2) is 22.5 Å². The van der Waals surface area contributed by atoms with Crippen LogP contribution in [0.3, 0.4) is 0 Å². The molecule has 2 nitrogen and oxygen atoms in total. The van der Waals surface area contributed by atoms with Gasteiger partial charge in [0.15, 0.2) is 0 Å². The van der Waals surface area contributed by atoms with E-state index in [1.165, 1.54) is 0 Å². The van der Waals surface area contributed by atoms with E-state index in [2.05, 4.69) is 29.5 Å². The Morgan fingerprint density at radius 1 is 1.50 bits per heavy atom. The molecule has 0 atom stereocenters. The van der Waals surface area contributed by atoms with Gasteiger partial charge in [-0.15, -0.1) is 0 Å². The standard InChI is InChI=1S/C5H13IN2/c1-2-4-8(7)5-3-6/h2-5,7H2,1H3. The summed E-state index contributed by atoms with van der Waals surface area (Å²) < 4.78 is 1.12. The van der Waals surface area contributed by atoms with Gasteiger partial charge in [-0.3, -0.25) is 5.84 Å². The van der Waals surface area contributed by atoms with E-state index in [0.29, 0.717) is 0 Å². The van der Waals surface area contributed by atoms with Crippen molar-refractivity contribution in [1.29, 1.82) is 0 Å². The Hall–Kier alpha value is 0.650. The van der Waals surface area contributed by atoms with Crippen molar-refractivity contribution in [3.8, 4) is 0 Å². The molecule has 8 heavy (non-hydrogen) atoms. The van der Waals surface area contributed by atoms with Crippen LogP contribution in [0.4, 0.5) is 0 Å². The van der Waals surface area contributed by atoms with Crippen LogP contribution in [0.15, 0.2) is 0 Å². The summed E-state index contributed by atoms with van der Waals surface area (Å²) in [5.74, 6) is 5.52. The monoisotopic (exact) mass is 228 g/mol. The Morgan fingerprint density at radius 2 is 2.12 bits per heavy atom. The molecule has 0 fully saturated rings. The van der Waals surface area contributed by atoms with Gasteiger partial charge in [-0.1, -0.05) is 29.5 Å². The number of nitrogens with zero attached hydrogens (tertiary/aromatic N) is 1. The van der Waals surface area contributed by atoms with Crippen molar-refractivity contribution in [3.63, 3.8) is 0 Å². The largest absolute Gasteiger partial charge is 0.269 e. The number of halogens is 1. The van der Waals surface area contributed by atoms with Gasteiger partial charge in [0.1, 0.15) is 0 Å². The molecule has 50 valence electrons. The molecule has 0 aliphatic carbocycles. The summed E-state index contributed by atoms with van der Waals surface area (Å²) in [5, 5.41) is 1.85. The SMILES string of the molecule is CCCN(N)CCI. The lowest BCUT2D eigenvalue weighted by molar-refractivity contribution is 0.304. The number of hydrazine groups is 1. The third-order valence-electron chi connectivity index (χ3n) is 0.883. The van der Waals surface area contributed by atoms with E-state index in [1.807, 2.05) is 5.01 Å². The molecule has 0 aromatic rings. The molecule has 0 aliphatic rings. The van der Waals surface area contributed by atoms with Crippen molar-refractivity contribution < 1.29 is 0 Å². The van der Waals surface area contributed by atoms with Gasteiger partial charge in [0.05, 0.1) is 0 Å². The molecule has 0 amide bonds. The van der Waals surface area contributed by atoms with Crippen LogP contribution in [-0.2, 0) is 0 Å². The fraction of sp³-hybridized carbons (Fsp3) is 1.00. The number of alkyl halides is 1. The lowest BCUT2D eigenvalue weighted by Gasteiger charge is -2.11. The Labute approximate surface area is 64.5 Å². The highest BCUT2D eigenvalue weighted by molar-refractivity contribution is 14.1. The van der Waals surface area contributed by atoms with Crippen molar-refractivity contribution in [2.75, 3.05) is 17.5 Å². The summed E-state index contributed by atoms with van der Waals surface area (Å²) in [6.07, 6.45) is 1.15. The minimum Gasteiger partial charge on any atom is -0.269 e. The van der Waals surface area contributed by atoms with E-state index in [1.54, 1.807) is 0 Å². The maximum atomic E-state index is 5.52. The molecule has 0 unspecified atom stereocenters. The fourth-order valence-corrected chi connectivity index (χ4v) is 1.13. The zero-order valence-corrected chi connectivity index (χ0v) is 7.39.